The minimum atomic E-state index is -1.08. The summed E-state index contributed by atoms with van der Waals surface area (Å²) in [5.74, 6) is -0.894. The first-order valence-electron chi connectivity index (χ1n) is 7.68. The number of aromatic amines is 1. The molecule has 0 unspecified atom stereocenters. The van der Waals surface area contributed by atoms with Gasteiger partial charge >= 0.3 is 5.97 Å². The van der Waals surface area contributed by atoms with Crippen LogP contribution in [0.5, 0.6) is 5.75 Å². The van der Waals surface area contributed by atoms with Gasteiger partial charge in [0.15, 0.2) is 5.69 Å². The maximum absolute atomic E-state index is 12.4. The van der Waals surface area contributed by atoms with Crippen molar-refractivity contribution in [1.82, 2.24) is 10.2 Å². The number of carbonyl (C=O) groups excluding carboxylic acids is 1. The van der Waals surface area contributed by atoms with E-state index in [2.05, 4.69) is 15.5 Å². The van der Waals surface area contributed by atoms with Crippen molar-refractivity contribution >= 4 is 17.6 Å². The molecule has 7 nitrogen and oxygen atoms in total. The number of rotatable bonds is 6. The van der Waals surface area contributed by atoms with Gasteiger partial charge in [0.1, 0.15) is 5.75 Å². The molecule has 0 fully saturated rings. The fourth-order valence-corrected chi connectivity index (χ4v) is 2.05. The molecule has 0 spiro atoms. The topological polar surface area (TPSA) is 104 Å². The highest BCUT2D eigenvalue weighted by molar-refractivity contribution is 6.04. The number of aromatic nitrogens is 2. The van der Waals surface area contributed by atoms with Crippen LogP contribution in [0.2, 0.25) is 0 Å². The highest BCUT2D eigenvalue weighted by Gasteiger charge is 2.17. The fraction of sp³-hybridized carbons (Fsp3) is 0.353. The number of carboxylic acid groups (broad SMARTS) is 1. The molecule has 3 N–H and O–H groups in total. The van der Waals surface area contributed by atoms with Crippen LogP contribution in [0.3, 0.4) is 0 Å². The van der Waals surface area contributed by atoms with Gasteiger partial charge in [-0.05, 0) is 44.0 Å². The minimum absolute atomic E-state index is 0.0614. The van der Waals surface area contributed by atoms with Gasteiger partial charge in [-0.2, -0.15) is 5.10 Å². The lowest BCUT2D eigenvalue weighted by atomic mass is 10.1. The largest absolute Gasteiger partial charge is 0.489 e. The number of nitrogens with one attached hydrogen (secondary N) is 2. The molecule has 0 bridgehead atoms. The maximum Gasteiger partial charge on any atom is 0.335 e. The molecule has 2 aromatic rings. The van der Waals surface area contributed by atoms with Gasteiger partial charge in [0.05, 0.1) is 17.4 Å². The smallest absolute Gasteiger partial charge is 0.335 e. The SMILES string of the molecule is CC(C)Oc1ccc(C(=O)O)cc1NC(=O)c1cc(C(C)C)[nH]n1. The van der Waals surface area contributed by atoms with Crippen LogP contribution in [-0.2, 0) is 0 Å². The Morgan fingerprint density at radius 1 is 1.21 bits per heavy atom. The van der Waals surface area contributed by atoms with E-state index in [1.54, 1.807) is 6.07 Å². The number of amides is 1. The zero-order valence-electron chi connectivity index (χ0n) is 14.1. The first-order valence-corrected chi connectivity index (χ1v) is 7.68. The first-order chi connectivity index (χ1) is 11.3. The second kappa shape index (κ2) is 7.16. The fourth-order valence-electron chi connectivity index (χ4n) is 2.05. The van der Waals surface area contributed by atoms with Crippen molar-refractivity contribution in [2.24, 2.45) is 0 Å². The van der Waals surface area contributed by atoms with E-state index in [-0.39, 0.29) is 23.3 Å². The number of carboxylic acids is 1. The van der Waals surface area contributed by atoms with E-state index in [0.29, 0.717) is 11.4 Å². The number of ether oxygens (including phenoxy) is 1. The van der Waals surface area contributed by atoms with E-state index >= 15 is 0 Å². The minimum Gasteiger partial charge on any atom is -0.489 e. The standard InChI is InChI=1S/C17H21N3O4/c1-9(2)12-8-14(20-19-12)16(21)18-13-7-11(17(22)23)5-6-15(13)24-10(3)4/h5-10H,1-4H3,(H,18,21)(H,19,20)(H,22,23). The average molecular weight is 331 g/mol. The van der Waals surface area contributed by atoms with E-state index in [4.69, 9.17) is 9.84 Å². The third-order valence-electron chi connectivity index (χ3n) is 3.29. The highest BCUT2D eigenvalue weighted by atomic mass is 16.5. The Kier molecular flexibility index (Phi) is 5.23. The van der Waals surface area contributed by atoms with Crippen LogP contribution in [0, 0.1) is 0 Å². The lowest BCUT2D eigenvalue weighted by Gasteiger charge is -2.15. The lowest BCUT2D eigenvalue weighted by molar-refractivity contribution is 0.0696. The Morgan fingerprint density at radius 3 is 2.46 bits per heavy atom. The molecule has 0 aliphatic carbocycles. The summed E-state index contributed by atoms with van der Waals surface area (Å²) < 4.78 is 5.62. The molecule has 1 aromatic heterocycles. The summed E-state index contributed by atoms with van der Waals surface area (Å²) >= 11 is 0. The number of nitrogens with zero attached hydrogens (tertiary/aromatic N) is 1. The second-order valence-corrected chi connectivity index (χ2v) is 6.00. The number of hydrogen-bond donors (Lipinski definition) is 3. The van der Waals surface area contributed by atoms with Crippen molar-refractivity contribution in [3.8, 4) is 5.75 Å². The van der Waals surface area contributed by atoms with Gasteiger partial charge in [-0.15, -0.1) is 0 Å². The molecule has 0 aliphatic rings. The van der Waals surface area contributed by atoms with Crippen molar-refractivity contribution in [2.45, 2.75) is 39.7 Å². The quantitative estimate of drug-likeness (QED) is 0.753. The number of hydrogen-bond acceptors (Lipinski definition) is 4. The molecule has 0 saturated carbocycles. The van der Waals surface area contributed by atoms with Crippen molar-refractivity contribution in [2.75, 3.05) is 5.32 Å². The summed E-state index contributed by atoms with van der Waals surface area (Å²) in [7, 11) is 0. The summed E-state index contributed by atoms with van der Waals surface area (Å²) in [5.41, 5.74) is 1.43. The molecule has 1 heterocycles. The van der Waals surface area contributed by atoms with E-state index in [1.807, 2.05) is 27.7 Å². The van der Waals surface area contributed by atoms with Gasteiger partial charge in [-0.3, -0.25) is 9.89 Å². The van der Waals surface area contributed by atoms with E-state index in [9.17, 15) is 9.59 Å². The molecule has 0 aliphatic heterocycles. The van der Waals surface area contributed by atoms with Crippen LogP contribution in [-0.4, -0.2) is 33.3 Å². The van der Waals surface area contributed by atoms with Gasteiger partial charge in [-0.1, -0.05) is 13.8 Å². The predicted octanol–water partition coefficient (Wildman–Crippen LogP) is 3.27. The molecule has 2 rings (SSSR count). The van der Waals surface area contributed by atoms with E-state index in [1.165, 1.54) is 18.2 Å². The summed E-state index contributed by atoms with van der Waals surface area (Å²) in [4.78, 5) is 23.5. The molecule has 1 aromatic carbocycles. The van der Waals surface area contributed by atoms with Gasteiger partial charge < -0.3 is 15.2 Å². The molecule has 24 heavy (non-hydrogen) atoms. The number of benzene rings is 1. The maximum atomic E-state index is 12.4. The third-order valence-corrected chi connectivity index (χ3v) is 3.29. The van der Waals surface area contributed by atoms with Crippen LogP contribution < -0.4 is 10.1 Å². The van der Waals surface area contributed by atoms with Crippen LogP contribution in [0.25, 0.3) is 0 Å². The van der Waals surface area contributed by atoms with Crippen LogP contribution >= 0.6 is 0 Å². The molecule has 0 atom stereocenters. The zero-order chi connectivity index (χ0) is 17.9. The third kappa shape index (κ3) is 4.13. The molecule has 0 saturated heterocycles. The summed E-state index contributed by atoms with van der Waals surface area (Å²) in [6, 6.07) is 6.00. The lowest BCUT2D eigenvalue weighted by Crippen LogP contribution is -2.15. The Morgan fingerprint density at radius 2 is 1.92 bits per heavy atom. The molecular formula is C17H21N3O4. The van der Waals surface area contributed by atoms with Crippen molar-refractivity contribution in [3.05, 3.63) is 41.2 Å². The molecule has 7 heteroatoms. The Bertz CT molecular complexity index is 750. The molecule has 0 radical (unpaired) electrons. The summed E-state index contributed by atoms with van der Waals surface area (Å²) in [5, 5.41) is 18.6. The van der Waals surface area contributed by atoms with E-state index in [0.717, 1.165) is 5.69 Å². The molecule has 128 valence electrons. The van der Waals surface area contributed by atoms with Crippen molar-refractivity contribution in [1.29, 1.82) is 0 Å². The number of anilines is 1. The van der Waals surface area contributed by atoms with Crippen LogP contribution in [0.4, 0.5) is 5.69 Å². The number of carbonyl (C=O) groups is 2. The van der Waals surface area contributed by atoms with Crippen molar-refractivity contribution in [3.63, 3.8) is 0 Å². The molecule has 1 amide bonds. The van der Waals surface area contributed by atoms with Gasteiger partial charge in [0, 0.05) is 5.69 Å². The first kappa shape index (κ1) is 17.5. The monoisotopic (exact) mass is 331 g/mol. The van der Waals surface area contributed by atoms with Crippen LogP contribution in [0.1, 0.15) is 60.2 Å². The Hall–Kier alpha value is -2.83. The second-order valence-electron chi connectivity index (χ2n) is 6.00. The Labute approximate surface area is 140 Å². The Balaban J connectivity index is 2.29. The summed E-state index contributed by atoms with van der Waals surface area (Å²) in [6.45, 7) is 7.67. The zero-order valence-corrected chi connectivity index (χ0v) is 14.1. The average Bonchev–Trinajstić information content (AvgIpc) is 2.98. The number of H-pyrrole nitrogens is 1. The predicted molar refractivity (Wildman–Crippen MR) is 89.8 cm³/mol. The van der Waals surface area contributed by atoms with Crippen molar-refractivity contribution < 1.29 is 19.4 Å². The van der Waals surface area contributed by atoms with Gasteiger partial charge in [-0.25, -0.2) is 4.79 Å². The van der Waals surface area contributed by atoms with Gasteiger partial charge in [0.25, 0.3) is 5.91 Å². The van der Waals surface area contributed by atoms with E-state index < -0.39 is 11.9 Å². The number of aromatic carboxylic acids is 1. The normalized spacial score (nSPS) is 10.9. The highest BCUT2D eigenvalue weighted by Crippen LogP contribution is 2.27. The molecular weight excluding hydrogens is 310 g/mol. The van der Waals surface area contributed by atoms with Gasteiger partial charge in [0.2, 0.25) is 0 Å². The summed E-state index contributed by atoms with van der Waals surface area (Å²) in [6.07, 6.45) is -0.116. The van der Waals surface area contributed by atoms with Crippen LogP contribution in [0.15, 0.2) is 24.3 Å².